The van der Waals surface area contributed by atoms with Gasteiger partial charge in [0, 0.05) is 12.3 Å². The third-order valence-corrected chi connectivity index (χ3v) is 7.85. The van der Waals surface area contributed by atoms with Gasteiger partial charge in [-0.1, -0.05) is 74.5 Å². The molecule has 1 aliphatic heterocycles. The molecule has 11 nitrogen and oxygen atoms in total. The van der Waals surface area contributed by atoms with Crippen LogP contribution in [0.5, 0.6) is 0 Å². The molecule has 46 heavy (non-hydrogen) atoms. The van der Waals surface area contributed by atoms with Gasteiger partial charge >= 0.3 is 12.1 Å². The van der Waals surface area contributed by atoms with Crippen LogP contribution in [-0.2, 0) is 33.4 Å². The number of fused-ring (bicyclic) bond motifs is 3. The Labute approximate surface area is 269 Å². The number of nitrogens with one attached hydrogen (secondary N) is 2. The van der Waals surface area contributed by atoms with Gasteiger partial charge in [-0.3, -0.25) is 24.1 Å². The number of likely N-dealkylation sites (tertiary alicyclic amines) is 1. The van der Waals surface area contributed by atoms with Gasteiger partial charge in [0.1, 0.15) is 25.8 Å². The van der Waals surface area contributed by atoms with Crippen molar-refractivity contribution in [1.82, 2.24) is 15.5 Å². The fourth-order valence-corrected chi connectivity index (χ4v) is 5.94. The van der Waals surface area contributed by atoms with Crippen LogP contribution in [0.25, 0.3) is 11.1 Å². The Morgan fingerprint density at radius 3 is 2.22 bits per heavy atom. The van der Waals surface area contributed by atoms with E-state index in [1.54, 1.807) is 0 Å². The predicted octanol–water partition coefficient (Wildman–Crippen LogP) is 3.89. The number of ketones is 1. The number of carbonyl (C=O) groups excluding carboxylic acids is 5. The number of Topliss-reactive ketones (excluding diaryl/α,β-unsaturated/α-hetero) is 1. The Morgan fingerprint density at radius 2 is 1.63 bits per heavy atom. The highest BCUT2D eigenvalue weighted by Crippen LogP contribution is 2.44. The highest BCUT2D eigenvalue weighted by Gasteiger charge is 2.44. The van der Waals surface area contributed by atoms with Crippen LogP contribution in [-0.4, -0.2) is 84.7 Å². The molecule has 0 spiro atoms. The highest BCUT2D eigenvalue weighted by atomic mass is 16.6. The first-order chi connectivity index (χ1) is 21.9. The molecule has 1 saturated heterocycles. The molecule has 2 aliphatic rings. The molecule has 3 amide bonds. The zero-order chi connectivity index (χ0) is 33.4. The summed E-state index contributed by atoms with van der Waals surface area (Å²) >= 11 is 0. The van der Waals surface area contributed by atoms with E-state index in [1.165, 1.54) is 11.0 Å². The lowest BCUT2D eigenvalue weighted by molar-refractivity contribution is -0.145. The summed E-state index contributed by atoms with van der Waals surface area (Å²) in [5, 5.41) is 4.91. The van der Waals surface area contributed by atoms with Gasteiger partial charge in [0.15, 0.2) is 0 Å². The molecule has 1 aliphatic carbocycles. The molecule has 0 saturated carbocycles. The molecular formula is C35H43N3O8. The number of esters is 1. The molecule has 2 aromatic carbocycles. The SMILES string of the molecule is C=CCOC(=O)CNC(=O)C(=O)[C@H](CCC)NC(=O)[C@@H]1C[C@@H](OC(C)(C)C)CN1C(=O)OCC1c2ccccc2-c2ccccc21. The largest absolute Gasteiger partial charge is 0.460 e. The number of rotatable bonds is 13. The number of benzene rings is 2. The van der Waals surface area contributed by atoms with Gasteiger partial charge < -0.3 is 24.8 Å². The van der Waals surface area contributed by atoms with Crippen molar-refractivity contribution in [3.05, 3.63) is 72.3 Å². The summed E-state index contributed by atoms with van der Waals surface area (Å²) in [6.45, 7) is 10.6. The zero-order valence-corrected chi connectivity index (χ0v) is 26.9. The quantitative estimate of drug-likeness (QED) is 0.192. The van der Waals surface area contributed by atoms with Crippen molar-refractivity contribution in [2.24, 2.45) is 0 Å². The van der Waals surface area contributed by atoms with E-state index in [0.29, 0.717) is 6.42 Å². The van der Waals surface area contributed by atoms with Crippen LogP contribution in [0, 0.1) is 0 Å². The van der Waals surface area contributed by atoms with Crippen molar-refractivity contribution in [2.75, 3.05) is 26.3 Å². The Kier molecular flexibility index (Phi) is 11.3. The van der Waals surface area contributed by atoms with Crippen molar-refractivity contribution in [2.45, 2.75) is 76.7 Å². The van der Waals surface area contributed by atoms with E-state index in [0.717, 1.165) is 22.3 Å². The van der Waals surface area contributed by atoms with Crippen molar-refractivity contribution in [3.63, 3.8) is 0 Å². The van der Waals surface area contributed by atoms with Crippen LogP contribution in [0.1, 0.15) is 64.0 Å². The Bertz CT molecular complexity index is 1420. The number of hydrogen-bond donors (Lipinski definition) is 2. The first-order valence-electron chi connectivity index (χ1n) is 15.6. The average Bonchev–Trinajstić information content (AvgIpc) is 3.59. The summed E-state index contributed by atoms with van der Waals surface area (Å²) in [6, 6.07) is 13.9. The molecule has 2 N–H and O–H groups in total. The van der Waals surface area contributed by atoms with Crippen LogP contribution in [0.4, 0.5) is 4.79 Å². The van der Waals surface area contributed by atoms with Gasteiger partial charge in [0.2, 0.25) is 11.7 Å². The lowest BCUT2D eigenvalue weighted by atomic mass is 9.98. The Balaban J connectivity index is 1.46. The smallest absolute Gasteiger partial charge is 0.410 e. The first kappa shape index (κ1) is 34.4. The fourth-order valence-electron chi connectivity index (χ4n) is 5.94. The molecule has 0 bridgehead atoms. The van der Waals surface area contributed by atoms with Crippen molar-refractivity contribution < 1.29 is 38.2 Å². The summed E-state index contributed by atoms with van der Waals surface area (Å²) in [4.78, 5) is 65.9. The number of ether oxygens (including phenoxy) is 3. The topological polar surface area (TPSA) is 140 Å². The molecular weight excluding hydrogens is 590 g/mol. The third kappa shape index (κ3) is 8.39. The maximum absolute atomic E-state index is 13.7. The van der Waals surface area contributed by atoms with Crippen molar-refractivity contribution in [3.8, 4) is 11.1 Å². The summed E-state index contributed by atoms with van der Waals surface area (Å²) < 4.78 is 16.8. The molecule has 0 unspecified atom stereocenters. The zero-order valence-electron chi connectivity index (χ0n) is 26.9. The second-order valence-corrected chi connectivity index (χ2v) is 12.4. The Hall–Kier alpha value is -4.51. The maximum Gasteiger partial charge on any atom is 0.410 e. The van der Waals surface area contributed by atoms with Gasteiger partial charge in [-0.15, -0.1) is 0 Å². The van der Waals surface area contributed by atoms with E-state index in [2.05, 4.69) is 17.2 Å². The van der Waals surface area contributed by atoms with Crippen LogP contribution < -0.4 is 10.6 Å². The molecule has 3 atom stereocenters. The monoisotopic (exact) mass is 633 g/mol. The van der Waals surface area contributed by atoms with E-state index in [-0.39, 0.29) is 38.5 Å². The second-order valence-electron chi connectivity index (χ2n) is 12.4. The van der Waals surface area contributed by atoms with Gasteiger partial charge in [-0.25, -0.2) is 4.79 Å². The van der Waals surface area contributed by atoms with E-state index >= 15 is 0 Å². The molecule has 11 heteroatoms. The minimum Gasteiger partial charge on any atom is -0.460 e. The van der Waals surface area contributed by atoms with Crippen LogP contribution in [0.15, 0.2) is 61.2 Å². The van der Waals surface area contributed by atoms with Crippen LogP contribution >= 0.6 is 0 Å². The standard InChI is InChI=1S/C35H43N3O8/c1-6-12-28(31(40)33(42)36-19-30(39)44-17-7-2)37-32(41)29-18-22(46-35(3,4)5)20-38(29)34(43)45-21-27-25-15-10-8-13-23(25)24-14-9-11-16-26(24)27/h7-11,13-16,22,27-29H,2,6,12,17-21H2,1,3-5H3,(H,36,42)(H,37,41)/t22-,28+,29+/m1/s1. The molecule has 4 rings (SSSR count). The summed E-state index contributed by atoms with van der Waals surface area (Å²) in [5.74, 6) is -3.42. The van der Waals surface area contributed by atoms with Gasteiger partial charge in [-0.05, 0) is 49.4 Å². The van der Waals surface area contributed by atoms with E-state index < -0.39 is 60.0 Å². The molecule has 1 heterocycles. The highest BCUT2D eigenvalue weighted by molar-refractivity contribution is 6.38. The van der Waals surface area contributed by atoms with E-state index in [4.69, 9.17) is 14.2 Å². The summed E-state index contributed by atoms with van der Waals surface area (Å²) in [5.41, 5.74) is 3.79. The van der Waals surface area contributed by atoms with Crippen LogP contribution in [0.3, 0.4) is 0 Å². The molecule has 2 aromatic rings. The van der Waals surface area contributed by atoms with Crippen LogP contribution in [0.2, 0.25) is 0 Å². The molecule has 246 valence electrons. The first-order valence-corrected chi connectivity index (χ1v) is 15.6. The Morgan fingerprint density at radius 1 is 1.00 bits per heavy atom. The molecule has 0 radical (unpaired) electrons. The lowest BCUT2D eigenvalue weighted by Crippen LogP contribution is -2.53. The number of amides is 3. The van der Waals surface area contributed by atoms with E-state index in [9.17, 15) is 24.0 Å². The van der Waals surface area contributed by atoms with Gasteiger partial charge in [-0.2, -0.15) is 0 Å². The predicted molar refractivity (Wildman–Crippen MR) is 171 cm³/mol. The minimum absolute atomic E-state index is 0.0291. The average molecular weight is 634 g/mol. The maximum atomic E-state index is 13.7. The summed E-state index contributed by atoms with van der Waals surface area (Å²) in [7, 11) is 0. The van der Waals surface area contributed by atoms with Crippen molar-refractivity contribution in [1.29, 1.82) is 0 Å². The summed E-state index contributed by atoms with van der Waals surface area (Å²) in [6.07, 6.45) is 1.10. The van der Waals surface area contributed by atoms with E-state index in [1.807, 2.05) is 76.2 Å². The van der Waals surface area contributed by atoms with Crippen molar-refractivity contribution >= 4 is 29.7 Å². The molecule has 1 fully saturated rings. The fraction of sp³-hybridized carbons (Fsp3) is 0.457. The number of hydrogen-bond acceptors (Lipinski definition) is 8. The minimum atomic E-state index is -1.16. The lowest BCUT2D eigenvalue weighted by Gasteiger charge is -2.26. The van der Waals surface area contributed by atoms with Gasteiger partial charge in [0.05, 0.1) is 24.3 Å². The normalized spacial score (nSPS) is 17.8. The number of carbonyl (C=O) groups is 5. The van der Waals surface area contributed by atoms with Gasteiger partial charge in [0.25, 0.3) is 5.91 Å². The second kappa shape index (κ2) is 15.2. The third-order valence-electron chi connectivity index (χ3n) is 7.85. The molecule has 0 aromatic heterocycles. The number of nitrogens with zero attached hydrogens (tertiary/aromatic N) is 1.